The number of nitrogens with zero attached hydrogens (tertiary/aromatic N) is 2. The highest BCUT2D eigenvalue weighted by molar-refractivity contribution is 6.09. The van der Waals surface area contributed by atoms with Crippen LogP contribution in [-0.4, -0.2) is 46.7 Å². The summed E-state index contributed by atoms with van der Waals surface area (Å²) >= 11 is 0. The fourth-order valence-electron chi connectivity index (χ4n) is 3.16. The van der Waals surface area contributed by atoms with Gasteiger partial charge in [0.1, 0.15) is 12.1 Å². The molecule has 178 valence electrons. The molecule has 2 aromatic rings. The van der Waals surface area contributed by atoms with Crippen molar-refractivity contribution in [2.45, 2.75) is 12.5 Å². The van der Waals surface area contributed by atoms with E-state index in [9.17, 15) is 42.5 Å². The predicted octanol–water partition coefficient (Wildman–Crippen LogP) is 1.53. The molecule has 0 aliphatic carbocycles. The summed E-state index contributed by atoms with van der Waals surface area (Å²) in [4.78, 5) is 60.1. The molecule has 3 rings (SSSR count). The SMILES string of the molecule is CC1(c2cccc([N+](=O)[O-])c2)NC(=O)N(CC(=O)NCC(=O)Nc2ccc(F)c(F)c2F)C1=O. The molecule has 1 atom stereocenters. The second-order valence-corrected chi connectivity index (χ2v) is 7.30. The highest BCUT2D eigenvalue weighted by Gasteiger charge is 2.49. The highest BCUT2D eigenvalue weighted by Crippen LogP contribution is 2.30. The number of nitrogens with one attached hydrogen (secondary N) is 3. The monoisotopic (exact) mass is 479 g/mol. The Balaban J connectivity index is 1.62. The van der Waals surface area contributed by atoms with Gasteiger partial charge in [-0.3, -0.25) is 29.4 Å². The Morgan fingerprint density at radius 2 is 1.82 bits per heavy atom. The van der Waals surface area contributed by atoms with Gasteiger partial charge in [0.25, 0.3) is 11.6 Å². The van der Waals surface area contributed by atoms with Crippen LogP contribution in [0.2, 0.25) is 0 Å². The van der Waals surface area contributed by atoms with Crippen LogP contribution in [-0.2, 0) is 19.9 Å². The highest BCUT2D eigenvalue weighted by atomic mass is 19.2. The van der Waals surface area contributed by atoms with Gasteiger partial charge < -0.3 is 16.0 Å². The molecule has 34 heavy (non-hydrogen) atoms. The molecule has 1 unspecified atom stereocenters. The number of nitro groups is 1. The van der Waals surface area contributed by atoms with Gasteiger partial charge in [0, 0.05) is 12.1 Å². The smallest absolute Gasteiger partial charge is 0.325 e. The predicted molar refractivity (Wildman–Crippen MR) is 109 cm³/mol. The molecule has 0 saturated carbocycles. The summed E-state index contributed by atoms with van der Waals surface area (Å²) < 4.78 is 39.8. The Hall–Kier alpha value is -4.49. The van der Waals surface area contributed by atoms with Crippen LogP contribution in [0.1, 0.15) is 12.5 Å². The lowest BCUT2D eigenvalue weighted by atomic mass is 9.91. The van der Waals surface area contributed by atoms with Crippen molar-refractivity contribution in [2.24, 2.45) is 0 Å². The zero-order valence-corrected chi connectivity index (χ0v) is 17.4. The van der Waals surface area contributed by atoms with Gasteiger partial charge in [-0.15, -0.1) is 0 Å². The van der Waals surface area contributed by atoms with E-state index < -0.39 is 70.4 Å². The Bertz CT molecular complexity index is 1220. The van der Waals surface area contributed by atoms with Crippen molar-refractivity contribution in [1.82, 2.24) is 15.5 Å². The third kappa shape index (κ3) is 4.65. The number of anilines is 1. The molecule has 0 aromatic heterocycles. The number of amides is 5. The van der Waals surface area contributed by atoms with Crippen LogP contribution in [0.3, 0.4) is 0 Å². The minimum Gasteiger partial charge on any atom is -0.345 e. The average Bonchev–Trinajstić information content (AvgIpc) is 3.02. The van der Waals surface area contributed by atoms with E-state index in [-0.39, 0.29) is 11.3 Å². The molecule has 5 amide bonds. The summed E-state index contributed by atoms with van der Waals surface area (Å²) in [7, 11) is 0. The third-order valence-electron chi connectivity index (χ3n) is 4.97. The molecule has 0 spiro atoms. The van der Waals surface area contributed by atoms with Gasteiger partial charge in [0.2, 0.25) is 11.8 Å². The molecule has 2 aromatic carbocycles. The van der Waals surface area contributed by atoms with Gasteiger partial charge in [-0.2, -0.15) is 0 Å². The van der Waals surface area contributed by atoms with Gasteiger partial charge in [-0.1, -0.05) is 12.1 Å². The third-order valence-corrected chi connectivity index (χ3v) is 4.97. The Morgan fingerprint density at radius 1 is 1.12 bits per heavy atom. The van der Waals surface area contributed by atoms with E-state index in [1.54, 1.807) is 0 Å². The molecule has 1 fully saturated rings. The summed E-state index contributed by atoms with van der Waals surface area (Å²) in [5, 5.41) is 17.4. The topological polar surface area (TPSA) is 151 Å². The van der Waals surface area contributed by atoms with Crippen molar-refractivity contribution < 1.29 is 37.3 Å². The van der Waals surface area contributed by atoms with Crippen LogP contribution in [0.25, 0.3) is 0 Å². The van der Waals surface area contributed by atoms with E-state index in [2.05, 4.69) is 10.6 Å². The summed E-state index contributed by atoms with van der Waals surface area (Å²) in [6, 6.07) is 5.50. The van der Waals surface area contributed by atoms with Gasteiger partial charge in [-0.25, -0.2) is 18.0 Å². The first-order valence-electron chi connectivity index (χ1n) is 9.53. The van der Waals surface area contributed by atoms with Crippen LogP contribution in [0.4, 0.5) is 29.3 Å². The Kier molecular flexibility index (Phi) is 6.51. The molecular formula is C20H16F3N5O6. The summed E-state index contributed by atoms with van der Waals surface area (Å²) in [6.45, 7) is -0.209. The summed E-state index contributed by atoms with van der Waals surface area (Å²) in [5.41, 5.74) is -2.51. The van der Waals surface area contributed by atoms with Crippen LogP contribution >= 0.6 is 0 Å². The van der Waals surface area contributed by atoms with Gasteiger partial charge >= 0.3 is 6.03 Å². The number of urea groups is 1. The van der Waals surface area contributed by atoms with Crippen molar-refractivity contribution >= 4 is 35.1 Å². The summed E-state index contributed by atoms with van der Waals surface area (Å²) in [6.07, 6.45) is 0. The summed E-state index contributed by atoms with van der Waals surface area (Å²) in [5.74, 6) is -7.65. The van der Waals surface area contributed by atoms with Crippen LogP contribution < -0.4 is 16.0 Å². The maximum absolute atomic E-state index is 13.6. The van der Waals surface area contributed by atoms with Crippen molar-refractivity contribution in [3.8, 4) is 0 Å². The second-order valence-electron chi connectivity index (χ2n) is 7.30. The molecular weight excluding hydrogens is 463 g/mol. The lowest BCUT2D eigenvalue weighted by Crippen LogP contribution is -2.44. The molecule has 0 radical (unpaired) electrons. The number of hydrogen-bond acceptors (Lipinski definition) is 6. The Labute approximate surface area is 189 Å². The first kappa shape index (κ1) is 24.2. The number of non-ortho nitro benzene ring substituents is 1. The quantitative estimate of drug-likeness (QED) is 0.237. The van der Waals surface area contributed by atoms with Crippen LogP contribution in [0.15, 0.2) is 36.4 Å². The largest absolute Gasteiger partial charge is 0.345 e. The first-order valence-corrected chi connectivity index (χ1v) is 9.53. The number of carbonyl (C=O) groups is 4. The standard InChI is InChI=1S/C20H16F3N5O6/c1-20(10-3-2-4-11(7-10)28(33)34)18(31)27(19(32)26-20)9-15(30)24-8-14(29)25-13-6-5-12(21)16(22)17(13)23/h2-7H,8-9H2,1H3,(H,24,30)(H,25,29)(H,26,32). The van der Waals surface area contributed by atoms with Crippen molar-refractivity contribution in [1.29, 1.82) is 0 Å². The van der Waals surface area contributed by atoms with E-state index in [1.807, 2.05) is 5.32 Å². The number of nitro benzene ring substituents is 1. The van der Waals surface area contributed by atoms with Crippen molar-refractivity contribution in [2.75, 3.05) is 18.4 Å². The molecule has 1 aliphatic heterocycles. The first-order chi connectivity index (χ1) is 15.9. The molecule has 3 N–H and O–H groups in total. The molecule has 11 nitrogen and oxygen atoms in total. The van der Waals surface area contributed by atoms with E-state index in [1.165, 1.54) is 25.1 Å². The lowest BCUT2D eigenvalue weighted by Gasteiger charge is -2.22. The van der Waals surface area contributed by atoms with Crippen molar-refractivity contribution in [3.63, 3.8) is 0 Å². The van der Waals surface area contributed by atoms with E-state index >= 15 is 0 Å². The number of benzene rings is 2. The fraction of sp³-hybridized carbons (Fsp3) is 0.200. The van der Waals surface area contributed by atoms with Crippen LogP contribution in [0, 0.1) is 27.6 Å². The molecule has 1 saturated heterocycles. The molecule has 0 bridgehead atoms. The molecule has 1 aliphatic rings. The van der Waals surface area contributed by atoms with Gasteiger partial charge in [-0.05, 0) is 24.6 Å². The number of carbonyl (C=O) groups excluding carboxylic acids is 4. The second kappa shape index (κ2) is 9.17. The van der Waals surface area contributed by atoms with E-state index in [4.69, 9.17) is 0 Å². The zero-order chi connectivity index (χ0) is 25.2. The van der Waals surface area contributed by atoms with Gasteiger partial charge in [0.15, 0.2) is 17.5 Å². The van der Waals surface area contributed by atoms with Gasteiger partial charge in [0.05, 0.1) is 17.2 Å². The number of rotatable bonds is 7. The molecule has 14 heteroatoms. The number of hydrogen-bond donors (Lipinski definition) is 3. The van der Waals surface area contributed by atoms with E-state index in [0.717, 1.165) is 12.1 Å². The minimum atomic E-state index is -1.79. The normalized spacial score (nSPS) is 17.4. The van der Waals surface area contributed by atoms with Crippen LogP contribution in [0.5, 0.6) is 0 Å². The fourth-order valence-corrected chi connectivity index (χ4v) is 3.16. The zero-order valence-electron chi connectivity index (χ0n) is 17.4. The Morgan fingerprint density at radius 3 is 2.50 bits per heavy atom. The maximum atomic E-state index is 13.6. The van der Waals surface area contributed by atoms with Crippen molar-refractivity contribution in [3.05, 3.63) is 69.5 Å². The number of imide groups is 1. The molecule has 1 heterocycles. The van der Waals surface area contributed by atoms with E-state index in [0.29, 0.717) is 11.0 Å². The lowest BCUT2D eigenvalue weighted by molar-refractivity contribution is -0.385. The minimum absolute atomic E-state index is 0.121. The number of halogens is 3. The maximum Gasteiger partial charge on any atom is 0.325 e. The average molecular weight is 479 g/mol.